The number of rotatable bonds is 3. The minimum absolute atomic E-state index is 0.00732. The molecule has 0 saturated carbocycles. The topological polar surface area (TPSA) is 35.5 Å². The molecule has 1 aromatic rings. The van der Waals surface area contributed by atoms with E-state index in [2.05, 4.69) is 13.8 Å². The lowest BCUT2D eigenvalue weighted by atomic mass is 9.92. The first kappa shape index (κ1) is 14.3. The second kappa shape index (κ2) is 5.45. The van der Waals surface area contributed by atoms with E-state index in [9.17, 15) is 4.79 Å². The molecule has 1 heterocycles. The van der Waals surface area contributed by atoms with Gasteiger partial charge in [0.05, 0.1) is 25.0 Å². The molecule has 1 aromatic carbocycles. The number of benzene rings is 1. The van der Waals surface area contributed by atoms with E-state index in [1.807, 2.05) is 13.0 Å². The molecule has 1 atom stereocenters. The molecule has 2 rings (SSSR count). The maximum Gasteiger partial charge on any atom is 0.180 e. The third-order valence-corrected chi connectivity index (χ3v) is 5.09. The van der Waals surface area contributed by atoms with E-state index in [0.29, 0.717) is 17.4 Å². The lowest BCUT2D eigenvalue weighted by molar-refractivity contribution is 0.0969. The van der Waals surface area contributed by atoms with Crippen LogP contribution in [0.3, 0.4) is 0 Å². The number of hydrogen-bond donors (Lipinski definition) is 0. The number of carbonyl (C=O) groups is 1. The van der Waals surface area contributed by atoms with E-state index in [0.717, 1.165) is 22.4 Å². The summed E-state index contributed by atoms with van der Waals surface area (Å²) in [4.78, 5) is 12.7. The lowest BCUT2D eigenvalue weighted by Gasteiger charge is -2.28. The van der Waals surface area contributed by atoms with Crippen molar-refractivity contribution in [3.63, 3.8) is 0 Å². The van der Waals surface area contributed by atoms with E-state index in [1.165, 1.54) is 0 Å². The summed E-state index contributed by atoms with van der Waals surface area (Å²) in [6.07, 6.45) is 0. The molecule has 0 bridgehead atoms. The van der Waals surface area contributed by atoms with Crippen LogP contribution in [0.4, 0.5) is 0 Å². The summed E-state index contributed by atoms with van der Waals surface area (Å²) in [6, 6.07) is 1.95. The van der Waals surface area contributed by atoms with Crippen molar-refractivity contribution in [2.75, 3.05) is 14.2 Å². The minimum Gasteiger partial charge on any atom is -0.493 e. The molecular weight excluding hydrogens is 260 g/mol. The van der Waals surface area contributed by atoms with E-state index >= 15 is 0 Å². The maximum atomic E-state index is 12.7. The summed E-state index contributed by atoms with van der Waals surface area (Å²) in [7, 11) is 3.19. The zero-order valence-electron chi connectivity index (χ0n) is 12.1. The van der Waals surface area contributed by atoms with Crippen molar-refractivity contribution in [2.45, 2.75) is 31.8 Å². The Balaban J connectivity index is 2.63. The van der Waals surface area contributed by atoms with Crippen LogP contribution in [0.2, 0.25) is 0 Å². The van der Waals surface area contributed by atoms with Crippen LogP contribution in [0.15, 0.2) is 6.07 Å². The van der Waals surface area contributed by atoms with Crippen molar-refractivity contribution >= 4 is 17.5 Å². The third kappa shape index (κ3) is 2.34. The molecule has 0 amide bonds. The highest BCUT2D eigenvalue weighted by molar-refractivity contribution is 8.00. The molecule has 0 N–H and O–H groups in total. The van der Waals surface area contributed by atoms with Crippen LogP contribution in [-0.4, -0.2) is 25.3 Å². The first-order valence-electron chi connectivity index (χ1n) is 6.41. The monoisotopic (exact) mass is 280 g/mol. The quantitative estimate of drug-likeness (QED) is 0.849. The smallest absolute Gasteiger partial charge is 0.180 e. The largest absolute Gasteiger partial charge is 0.493 e. The molecule has 0 spiro atoms. The van der Waals surface area contributed by atoms with Gasteiger partial charge in [-0.1, -0.05) is 13.8 Å². The average Bonchev–Trinajstić information content (AvgIpc) is 2.38. The number of ketones is 1. The number of methoxy groups -OCH3 is 2. The fraction of sp³-hybridized carbons (Fsp3) is 0.533. The average molecular weight is 280 g/mol. The first-order chi connectivity index (χ1) is 9.01. The van der Waals surface area contributed by atoms with Crippen LogP contribution in [0, 0.1) is 12.8 Å². The minimum atomic E-state index is 0.00732. The predicted octanol–water partition coefficient (Wildman–Crippen LogP) is 3.47. The molecule has 104 valence electrons. The van der Waals surface area contributed by atoms with Crippen molar-refractivity contribution in [3.05, 3.63) is 22.8 Å². The van der Waals surface area contributed by atoms with Gasteiger partial charge in [-0.2, -0.15) is 0 Å². The Morgan fingerprint density at radius 1 is 1.32 bits per heavy atom. The molecule has 1 aliphatic heterocycles. The first-order valence-corrected chi connectivity index (χ1v) is 7.46. The Labute approximate surface area is 118 Å². The van der Waals surface area contributed by atoms with Crippen LogP contribution in [0.25, 0.3) is 0 Å². The van der Waals surface area contributed by atoms with Gasteiger partial charge in [0.25, 0.3) is 0 Å². The molecule has 0 aromatic heterocycles. The van der Waals surface area contributed by atoms with Gasteiger partial charge in [0.2, 0.25) is 0 Å². The zero-order chi connectivity index (χ0) is 14.2. The summed E-state index contributed by atoms with van der Waals surface area (Å²) >= 11 is 1.72. The zero-order valence-corrected chi connectivity index (χ0v) is 12.9. The molecule has 19 heavy (non-hydrogen) atoms. The van der Waals surface area contributed by atoms with Gasteiger partial charge in [0, 0.05) is 5.75 Å². The van der Waals surface area contributed by atoms with Crippen LogP contribution in [0.1, 0.15) is 35.3 Å². The number of aryl methyl sites for hydroxylation is 1. The van der Waals surface area contributed by atoms with Crippen LogP contribution in [-0.2, 0) is 5.75 Å². The van der Waals surface area contributed by atoms with Crippen molar-refractivity contribution in [1.82, 2.24) is 0 Å². The second-order valence-electron chi connectivity index (χ2n) is 5.12. The SMILES string of the molecule is COc1cc(C)c2c(c1OC)C(=O)C(C(C)C)SC2. The molecule has 0 aliphatic carbocycles. The molecule has 1 aliphatic rings. The lowest BCUT2D eigenvalue weighted by Crippen LogP contribution is -2.29. The standard InChI is InChI=1S/C15H20O3S/c1-8(2)15-13(16)12-10(7-19-15)9(3)6-11(17-4)14(12)18-5/h6,8,15H,7H2,1-5H3. The number of fused-ring (bicyclic) bond motifs is 1. The summed E-state index contributed by atoms with van der Waals surface area (Å²) in [5.41, 5.74) is 2.90. The number of hydrogen-bond acceptors (Lipinski definition) is 4. The number of thioether (sulfide) groups is 1. The maximum absolute atomic E-state index is 12.7. The van der Waals surface area contributed by atoms with Gasteiger partial charge >= 0.3 is 0 Å². The Bertz CT molecular complexity index is 509. The van der Waals surface area contributed by atoms with Crippen molar-refractivity contribution in [1.29, 1.82) is 0 Å². The van der Waals surface area contributed by atoms with Gasteiger partial charge < -0.3 is 9.47 Å². The van der Waals surface area contributed by atoms with E-state index in [-0.39, 0.29) is 11.0 Å². The van der Waals surface area contributed by atoms with Gasteiger partial charge in [-0.3, -0.25) is 4.79 Å². The third-order valence-electron chi connectivity index (χ3n) is 3.52. The van der Waals surface area contributed by atoms with E-state index in [1.54, 1.807) is 26.0 Å². The second-order valence-corrected chi connectivity index (χ2v) is 6.25. The van der Waals surface area contributed by atoms with Crippen LogP contribution < -0.4 is 9.47 Å². The van der Waals surface area contributed by atoms with Crippen molar-refractivity contribution < 1.29 is 14.3 Å². The number of ether oxygens (including phenoxy) is 2. The van der Waals surface area contributed by atoms with Crippen molar-refractivity contribution in [3.8, 4) is 11.5 Å². The van der Waals surface area contributed by atoms with Gasteiger partial charge in [-0.25, -0.2) is 0 Å². The summed E-state index contributed by atoms with van der Waals surface area (Å²) in [5.74, 6) is 2.57. The Morgan fingerprint density at radius 3 is 2.53 bits per heavy atom. The number of Topliss-reactive ketones (excluding diaryl/α,β-unsaturated/α-hetero) is 1. The summed E-state index contributed by atoms with van der Waals surface area (Å²) in [5, 5.41) is 0.00732. The highest BCUT2D eigenvalue weighted by Gasteiger charge is 2.35. The van der Waals surface area contributed by atoms with Gasteiger partial charge in [0.1, 0.15) is 0 Å². The fourth-order valence-electron chi connectivity index (χ4n) is 2.49. The molecule has 1 unspecified atom stereocenters. The Morgan fingerprint density at radius 2 is 2.00 bits per heavy atom. The van der Waals surface area contributed by atoms with Gasteiger partial charge in [-0.05, 0) is 30.0 Å². The van der Waals surface area contributed by atoms with Crippen LogP contribution >= 0.6 is 11.8 Å². The van der Waals surface area contributed by atoms with E-state index < -0.39 is 0 Å². The summed E-state index contributed by atoms with van der Waals surface area (Å²) in [6.45, 7) is 6.18. The number of carbonyl (C=O) groups excluding carboxylic acids is 1. The highest BCUT2D eigenvalue weighted by atomic mass is 32.2. The molecule has 4 heteroatoms. The van der Waals surface area contributed by atoms with E-state index in [4.69, 9.17) is 9.47 Å². The Hall–Kier alpha value is -1.16. The van der Waals surface area contributed by atoms with Gasteiger partial charge in [-0.15, -0.1) is 11.8 Å². The molecule has 0 fully saturated rings. The highest BCUT2D eigenvalue weighted by Crippen LogP contribution is 2.43. The molecular formula is C15H20O3S. The molecule has 3 nitrogen and oxygen atoms in total. The molecule has 0 radical (unpaired) electrons. The van der Waals surface area contributed by atoms with Crippen molar-refractivity contribution in [2.24, 2.45) is 5.92 Å². The van der Waals surface area contributed by atoms with Gasteiger partial charge in [0.15, 0.2) is 17.3 Å². The summed E-state index contributed by atoms with van der Waals surface area (Å²) < 4.78 is 10.8. The normalized spacial score (nSPS) is 18.4. The fourth-order valence-corrected chi connectivity index (χ4v) is 3.87. The van der Waals surface area contributed by atoms with Crippen LogP contribution in [0.5, 0.6) is 11.5 Å². The molecule has 0 saturated heterocycles. The predicted molar refractivity (Wildman–Crippen MR) is 78.5 cm³/mol. The Kier molecular flexibility index (Phi) is 4.09.